The lowest BCUT2D eigenvalue weighted by Gasteiger charge is -1.93. The first-order valence-electron chi connectivity index (χ1n) is 3.81. The Bertz CT molecular complexity index is 152. The highest BCUT2D eigenvalue weighted by Crippen LogP contribution is 2.29. The first kappa shape index (κ1) is 10.9. The summed E-state index contributed by atoms with van der Waals surface area (Å²) >= 11 is 0. The first-order valence-corrected chi connectivity index (χ1v) is 3.81. The third-order valence-electron chi connectivity index (χ3n) is 1.32. The molecule has 0 heterocycles. The standard InChI is InChI=1S/C5H8O2.C3H7NO/c1-7-5(6)4-2-3-4;1-4(2)3-5/h4H,2-3H2,1H3;3H,1-2H3. The van der Waals surface area contributed by atoms with Crippen molar-refractivity contribution in [3.05, 3.63) is 0 Å². The van der Waals surface area contributed by atoms with Crippen molar-refractivity contribution in [2.24, 2.45) is 5.92 Å². The molecule has 70 valence electrons. The molecule has 1 amide bonds. The molecule has 4 nitrogen and oxygen atoms in total. The van der Waals surface area contributed by atoms with E-state index in [4.69, 9.17) is 0 Å². The van der Waals surface area contributed by atoms with Crippen LogP contribution in [0.2, 0.25) is 0 Å². The van der Waals surface area contributed by atoms with Crippen molar-refractivity contribution in [2.45, 2.75) is 12.8 Å². The van der Waals surface area contributed by atoms with E-state index in [1.54, 1.807) is 14.1 Å². The minimum absolute atomic E-state index is 0.0417. The van der Waals surface area contributed by atoms with Gasteiger partial charge in [-0.3, -0.25) is 9.59 Å². The van der Waals surface area contributed by atoms with Gasteiger partial charge in [0, 0.05) is 14.1 Å². The normalized spacial score (nSPS) is 13.9. The fourth-order valence-corrected chi connectivity index (χ4v) is 0.486. The quantitative estimate of drug-likeness (QED) is 0.445. The zero-order valence-corrected chi connectivity index (χ0v) is 7.74. The minimum Gasteiger partial charge on any atom is -0.469 e. The van der Waals surface area contributed by atoms with Crippen LogP contribution in [-0.4, -0.2) is 38.5 Å². The molecule has 0 atom stereocenters. The molecule has 0 unspecified atom stereocenters. The molecule has 0 aromatic rings. The minimum atomic E-state index is -0.0417. The summed E-state index contributed by atoms with van der Waals surface area (Å²) in [5, 5.41) is 0. The van der Waals surface area contributed by atoms with Gasteiger partial charge in [-0.25, -0.2) is 0 Å². The van der Waals surface area contributed by atoms with E-state index in [2.05, 4.69) is 4.74 Å². The Balaban J connectivity index is 0.000000217. The summed E-state index contributed by atoms with van der Waals surface area (Å²) in [6, 6.07) is 0. The number of nitrogens with zero attached hydrogens (tertiary/aromatic N) is 1. The molecule has 1 aliphatic carbocycles. The van der Waals surface area contributed by atoms with Crippen molar-refractivity contribution in [1.29, 1.82) is 0 Å². The van der Waals surface area contributed by atoms with Crippen LogP contribution in [0, 0.1) is 5.92 Å². The highest BCUT2D eigenvalue weighted by molar-refractivity contribution is 5.74. The fraction of sp³-hybridized carbons (Fsp3) is 0.750. The lowest BCUT2D eigenvalue weighted by atomic mass is 10.4. The molecule has 1 fully saturated rings. The molecule has 4 heteroatoms. The molecule has 1 rings (SSSR count). The molecule has 0 aliphatic heterocycles. The molecule has 12 heavy (non-hydrogen) atoms. The fourth-order valence-electron chi connectivity index (χ4n) is 0.486. The molecule has 1 saturated carbocycles. The van der Waals surface area contributed by atoms with E-state index in [0.29, 0.717) is 0 Å². The second-order valence-electron chi connectivity index (χ2n) is 2.87. The Hall–Kier alpha value is -1.06. The lowest BCUT2D eigenvalue weighted by molar-refractivity contribution is -0.142. The van der Waals surface area contributed by atoms with E-state index in [0.717, 1.165) is 19.3 Å². The van der Waals surface area contributed by atoms with E-state index >= 15 is 0 Å². The van der Waals surface area contributed by atoms with Crippen LogP contribution in [0.15, 0.2) is 0 Å². The summed E-state index contributed by atoms with van der Waals surface area (Å²) in [6.45, 7) is 0. The van der Waals surface area contributed by atoms with Crippen molar-refractivity contribution in [2.75, 3.05) is 21.2 Å². The molecule has 0 aromatic heterocycles. The van der Waals surface area contributed by atoms with Crippen LogP contribution < -0.4 is 0 Å². The van der Waals surface area contributed by atoms with E-state index in [1.807, 2.05) is 0 Å². The zero-order chi connectivity index (χ0) is 9.56. The van der Waals surface area contributed by atoms with Crippen LogP contribution in [-0.2, 0) is 14.3 Å². The van der Waals surface area contributed by atoms with Crippen LogP contribution in [0.4, 0.5) is 0 Å². The van der Waals surface area contributed by atoms with Gasteiger partial charge in [0.1, 0.15) is 0 Å². The molecular formula is C8H15NO3. The van der Waals surface area contributed by atoms with E-state index < -0.39 is 0 Å². The van der Waals surface area contributed by atoms with Gasteiger partial charge in [-0.05, 0) is 12.8 Å². The Morgan fingerprint density at radius 2 is 1.92 bits per heavy atom. The number of carbonyl (C=O) groups excluding carboxylic acids is 2. The zero-order valence-electron chi connectivity index (χ0n) is 7.74. The van der Waals surface area contributed by atoms with E-state index in [-0.39, 0.29) is 11.9 Å². The van der Waals surface area contributed by atoms with Crippen molar-refractivity contribution in [1.82, 2.24) is 4.90 Å². The topological polar surface area (TPSA) is 46.6 Å². The predicted molar refractivity (Wildman–Crippen MR) is 44.5 cm³/mol. The van der Waals surface area contributed by atoms with Gasteiger partial charge < -0.3 is 9.64 Å². The molecule has 0 aromatic carbocycles. The summed E-state index contributed by atoms with van der Waals surface area (Å²) in [5.41, 5.74) is 0. The maximum atomic E-state index is 10.4. The maximum absolute atomic E-state index is 10.4. The Morgan fingerprint density at radius 3 is 2.00 bits per heavy atom. The number of ether oxygens (including phenoxy) is 1. The van der Waals surface area contributed by atoms with Gasteiger partial charge in [0.05, 0.1) is 13.0 Å². The molecule has 0 spiro atoms. The summed E-state index contributed by atoms with van der Waals surface area (Å²) in [7, 11) is 4.81. The summed E-state index contributed by atoms with van der Waals surface area (Å²) in [6.07, 6.45) is 2.82. The van der Waals surface area contributed by atoms with E-state index in [9.17, 15) is 9.59 Å². The second-order valence-corrected chi connectivity index (χ2v) is 2.87. The SMILES string of the molecule is CN(C)C=O.COC(=O)C1CC1. The van der Waals surface area contributed by atoms with Crippen molar-refractivity contribution < 1.29 is 14.3 Å². The molecule has 0 radical (unpaired) electrons. The first-order chi connectivity index (χ1) is 5.61. The lowest BCUT2D eigenvalue weighted by Crippen LogP contribution is -2.06. The molecule has 0 saturated heterocycles. The number of esters is 1. The van der Waals surface area contributed by atoms with E-state index in [1.165, 1.54) is 12.0 Å². The molecule has 0 N–H and O–H groups in total. The van der Waals surface area contributed by atoms with Gasteiger partial charge in [-0.15, -0.1) is 0 Å². The largest absolute Gasteiger partial charge is 0.469 e. The highest BCUT2D eigenvalue weighted by atomic mass is 16.5. The smallest absolute Gasteiger partial charge is 0.308 e. The number of methoxy groups -OCH3 is 1. The summed E-state index contributed by atoms with van der Waals surface area (Å²) < 4.78 is 4.44. The molecule has 0 bridgehead atoms. The monoisotopic (exact) mass is 173 g/mol. The number of carbonyl (C=O) groups is 2. The van der Waals surface area contributed by atoms with Crippen molar-refractivity contribution in [3.63, 3.8) is 0 Å². The van der Waals surface area contributed by atoms with Gasteiger partial charge in [0.25, 0.3) is 0 Å². The molecule has 1 aliphatic rings. The van der Waals surface area contributed by atoms with Crippen LogP contribution in [0.3, 0.4) is 0 Å². The summed E-state index contributed by atoms with van der Waals surface area (Å²) in [4.78, 5) is 21.2. The van der Waals surface area contributed by atoms with Gasteiger partial charge in [0.15, 0.2) is 0 Å². The third-order valence-corrected chi connectivity index (χ3v) is 1.32. The average Bonchev–Trinajstić information content (AvgIpc) is 2.86. The Kier molecular flexibility index (Phi) is 5.08. The van der Waals surface area contributed by atoms with Gasteiger partial charge in [-0.2, -0.15) is 0 Å². The van der Waals surface area contributed by atoms with Gasteiger partial charge in [-0.1, -0.05) is 0 Å². The average molecular weight is 173 g/mol. The van der Waals surface area contributed by atoms with Crippen LogP contribution in [0.1, 0.15) is 12.8 Å². The third kappa shape index (κ3) is 5.70. The number of amides is 1. The van der Waals surface area contributed by atoms with Crippen molar-refractivity contribution >= 4 is 12.4 Å². The summed E-state index contributed by atoms with van der Waals surface area (Å²) in [5.74, 6) is 0.213. The Morgan fingerprint density at radius 1 is 1.50 bits per heavy atom. The number of hydrogen-bond donors (Lipinski definition) is 0. The predicted octanol–water partition coefficient (Wildman–Crippen LogP) is 0.274. The Labute approximate surface area is 72.5 Å². The molecular weight excluding hydrogens is 158 g/mol. The second kappa shape index (κ2) is 5.57. The van der Waals surface area contributed by atoms with Crippen LogP contribution >= 0.6 is 0 Å². The highest BCUT2D eigenvalue weighted by Gasteiger charge is 2.30. The van der Waals surface area contributed by atoms with Gasteiger partial charge >= 0.3 is 5.97 Å². The van der Waals surface area contributed by atoms with Crippen molar-refractivity contribution in [3.8, 4) is 0 Å². The maximum Gasteiger partial charge on any atom is 0.308 e. The number of rotatable bonds is 2. The number of hydrogen-bond acceptors (Lipinski definition) is 3. The van der Waals surface area contributed by atoms with Gasteiger partial charge in [0.2, 0.25) is 6.41 Å². The van der Waals surface area contributed by atoms with Crippen LogP contribution in [0.25, 0.3) is 0 Å². The van der Waals surface area contributed by atoms with Crippen LogP contribution in [0.5, 0.6) is 0 Å².